The van der Waals surface area contributed by atoms with E-state index >= 15 is 0 Å². The van der Waals surface area contributed by atoms with Gasteiger partial charge in [-0.3, -0.25) is 4.79 Å². The number of carboxylic acid groups (broad SMARTS) is 1. The van der Waals surface area contributed by atoms with E-state index in [2.05, 4.69) is 5.10 Å². The third-order valence-corrected chi connectivity index (χ3v) is 2.46. The molecule has 0 amide bonds. The number of aromatic nitrogens is 2. The van der Waals surface area contributed by atoms with Crippen LogP contribution in [0.2, 0.25) is 5.02 Å². The zero-order valence-electron chi connectivity index (χ0n) is 8.50. The van der Waals surface area contributed by atoms with Crippen molar-refractivity contribution in [1.82, 2.24) is 9.78 Å². The molecular formula is C11H7ClN2O3. The van der Waals surface area contributed by atoms with E-state index in [1.807, 2.05) is 0 Å². The van der Waals surface area contributed by atoms with Crippen LogP contribution in [-0.4, -0.2) is 26.6 Å². The van der Waals surface area contributed by atoms with Gasteiger partial charge in [-0.1, -0.05) is 11.6 Å². The van der Waals surface area contributed by atoms with Crippen LogP contribution in [-0.2, 0) is 4.79 Å². The third kappa shape index (κ3) is 2.19. The Kier molecular flexibility index (Phi) is 2.93. The van der Waals surface area contributed by atoms with Gasteiger partial charge >= 0.3 is 5.97 Å². The average Bonchev–Trinajstić information content (AvgIpc) is 2.81. The van der Waals surface area contributed by atoms with Crippen LogP contribution in [0.5, 0.6) is 0 Å². The molecule has 0 saturated heterocycles. The van der Waals surface area contributed by atoms with Crippen molar-refractivity contribution in [1.29, 1.82) is 0 Å². The number of hydrogen-bond donors (Lipinski definition) is 1. The summed E-state index contributed by atoms with van der Waals surface area (Å²) in [5.74, 6) is -2.49. The Balaban J connectivity index is 2.42. The molecule has 86 valence electrons. The summed E-state index contributed by atoms with van der Waals surface area (Å²) < 4.78 is 1.53. The van der Waals surface area contributed by atoms with Crippen molar-refractivity contribution < 1.29 is 14.7 Å². The SMILES string of the molecule is O=C(O)C(=O)c1ccc(-n2cccn2)c(Cl)c1. The van der Waals surface area contributed by atoms with Crippen molar-refractivity contribution in [2.45, 2.75) is 0 Å². The maximum Gasteiger partial charge on any atom is 0.377 e. The van der Waals surface area contributed by atoms with Gasteiger partial charge in [-0.2, -0.15) is 5.10 Å². The lowest BCUT2D eigenvalue weighted by Crippen LogP contribution is -2.12. The maximum atomic E-state index is 11.2. The fourth-order valence-electron chi connectivity index (χ4n) is 1.37. The molecule has 1 aromatic carbocycles. The van der Waals surface area contributed by atoms with E-state index in [-0.39, 0.29) is 10.6 Å². The molecule has 0 unspecified atom stereocenters. The van der Waals surface area contributed by atoms with Crippen molar-refractivity contribution in [2.24, 2.45) is 0 Å². The molecule has 1 aromatic heterocycles. The molecule has 0 bridgehead atoms. The molecule has 0 saturated carbocycles. The highest BCUT2D eigenvalue weighted by Crippen LogP contribution is 2.21. The fraction of sp³-hybridized carbons (Fsp3) is 0. The van der Waals surface area contributed by atoms with Crippen LogP contribution in [0.4, 0.5) is 0 Å². The normalized spacial score (nSPS) is 10.2. The van der Waals surface area contributed by atoms with Gasteiger partial charge in [-0.15, -0.1) is 0 Å². The molecule has 0 aliphatic heterocycles. The number of benzene rings is 1. The summed E-state index contributed by atoms with van der Waals surface area (Å²) in [6.07, 6.45) is 3.28. The minimum absolute atomic E-state index is 0.0402. The van der Waals surface area contributed by atoms with Gasteiger partial charge in [0.15, 0.2) is 0 Å². The van der Waals surface area contributed by atoms with Gasteiger partial charge in [-0.25, -0.2) is 9.48 Å². The number of aliphatic carboxylic acids is 1. The predicted molar refractivity (Wildman–Crippen MR) is 60.5 cm³/mol. The van der Waals surface area contributed by atoms with E-state index < -0.39 is 11.8 Å². The summed E-state index contributed by atoms with van der Waals surface area (Å²) >= 11 is 5.96. The molecule has 5 nitrogen and oxygen atoms in total. The lowest BCUT2D eigenvalue weighted by Gasteiger charge is -2.05. The lowest BCUT2D eigenvalue weighted by atomic mass is 10.1. The lowest BCUT2D eigenvalue weighted by molar-refractivity contribution is -0.131. The first kappa shape index (κ1) is 11.3. The summed E-state index contributed by atoms with van der Waals surface area (Å²) in [4.78, 5) is 21.7. The Hall–Kier alpha value is -2.14. The van der Waals surface area contributed by atoms with Crippen molar-refractivity contribution in [3.8, 4) is 5.69 Å². The monoisotopic (exact) mass is 250 g/mol. The second-order valence-corrected chi connectivity index (χ2v) is 3.66. The van der Waals surface area contributed by atoms with Crippen LogP contribution in [0.3, 0.4) is 0 Å². The van der Waals surface area contributed by atoms with Crippen LogP contribution in [0, 0.1) is 0 Å². The summed E-state index contributed by atoms with van der Waals surface area (Å²) in [6.45, 7) is 0. The van der Waals surface area contributed by atoms with Crippen molar-refractivity contribution in [3.05, 3.63) is 47.2 Å². The zero-order valence-corrected chi connectivity index (χ0v) is 9.26. The quantitative estimate of drug-likeness (QED) is 0.666. The molecule has 2 aromatic rings. The summed E-state index contributed by atoms with van der Waals surface area (Å²) in [7, 11) is 0. The van der Waals surface area contributed by atoms with Gasteiger partial charge in [0.25, 0.3) is 5.78 Å². The smallest absolute Gasteiger partial charge is 0.377 e. The topological polar surface area (TPSA) is 72.2 Å². The van der Waals surface area contributed by atoms with Crippen LogP contribution >= 0.6 is 11.6 Å². The van der Waals surface area contributed by atoms with E-state index in [1.165, 1.54) is 16.8 Å². The standard InChI is InChI=1S/C11H7ClN2O3/c12-8-6-7(10(15)11(16)17)2-3-9(8)14-5-1-4-13-14/h1-6H,(H,16,17). The van der Waals surface area contributed by atoms with E-state index in [4.69, 9.17) is 16.7 Å². The highest BCUT2D eigenvalue weighted by atomic mass is 35.5. The summed E-state index contributed by atoms with van der Waals surface area (Å²) in [6, 6.07) is 5.99. The van der Waals surface area contributed by atoms with Crippen LogP contribution in [0.1, 0.15) is 10.4 Å². The first-order chi connectivity index (χ1) is 8.09. The van der Waals surface area contributed by atoms with Crippen molar-refractivity contribution >= 4 is 23.4 Å². The molecular weight excluding hydrogens is 244 g/mol. The number of halogens is 1. The first-order valence-electron chi connectivity index (χ1n) is 4.67. The van der Waals surface area contributed by atoms with Gasteiger partial charge in [0.2, 0.25) is 0 Å². The Morgan fingerprint density at radius 1 is 1.35 bits per heavy atom. The number of ketones is 1. The molecule has 0 atom stereocenters. The average molecular weight is 251 g/mol. The van der Waals surface area contributed by atoms with Gasteiger partial charge in [0.05, 0.1) is 10.7 Å². The van der Waals surface area contributed by atoms with Gasteiger partial charge < -0.3 is 5.11 Å². The Morgan fingerprint density at radius 2 is 2.12 bits per heavy atom. The predicted octanol–water partition coefficient (Wildman–Crippen LogP) is 1.79. The molecule has 0 aliphatic carbocycles. The number of carboxylic acids is 1. The molecule has 0 radical (unpaired) electrons. The highest BCUT2D eigenvalue weighted by molar-refractivity contribution is 6.41. The Labute approximate surface area is 101 Å². The van der Waals surface area contributed by atoms with Crippen LogP contribution < -0.4 is 0 Å². The van der Waals surface area contributed by atoms with E-state index in [0.717, 1.165) is 0 Å². The number of carbonyl (C=O) groups is 2. The second-order valence-electron chi connectivity index (χ2n) is 3.25. The minimum Gasteiger partial charge on any atom is -0.475 e. The maximum absolute atomic E-state index is 11.2. The number of nitrogens with zero attached hydrogens (tertiary/aromatic N) is 2. The Bertz CT molecular complexity index is 578. The van der Waals surface area contributed by atoms with Crippen LogP contribution in [0.25, 0.3) is 5.69 Å². The summed E-state index contributed by atoms with van der Waals surface area (Å²) in [5.41, 5.74) is 0.622. The van der Waals surface area contributed by atoms with E-state index in [1.54, 1.807) is 24.5 Å². The Morgan fingerprint density at radius 3 is 2.65 bits per heavy atom. The largest absolute Gasteiger partial charge is 0.475 e. The number of carbonyl (C=O) groups excluding carboxylic acids is 1. The van der Waals surface area contributed by atoms with Crippen LogP contribution in [0.15, 0.2) is 36.7 Å². The highest BCUT2D eigenvalue weighted by Gasteiger charge is 2.16. The summed E-state index contributed by atoms with van der Waals surface area (Å²) in [5, 5.41) is 12.8. The van der Waals surface area contributed by atoms with E-state index in [9.17, 15) is 9.59 Å². The van der Waals surface area contributed by atoms with Gasteiger partial charge in [-0.05, 0) is 24.3 Å². The minimum atomic E-state index is -1.51. The molecule has 1 N–H and O–H groups in total. The second kappa shape index (κ2) is 4.39. The van der Waals surface area contributed by atoms with Gasteiger partial charge in [0, 0.05) is 18.0 Å². The molecule has 2 rings (SSSR count). The van der Waals surface area contributed by atoms with Crippen molar-refractivity contribution in [3.63, 3.8) is 0 Å². The van der Waals surface area contributed by atoms with E-state index in [0.29, 0.717) is 5.69 Å². The molecule has 1 heterocycles. The first-order valence-corrected chi connectivity index (χ1v) is 5.04. The fourth-order valence-corrected chi connectivity index (χ4v) is 1.64. The zero-order chi connectivity index (χ0) is 12.4. The van der Waals surface area contributed by atoms with Crippen molar-refractivity contribution in [2.75, 3.05) is 0 Å². The molecule has 17 heavy (non-hydrogen) atoms. The number of hydrogen-bond acceptors (Lipinski definition) is 3. The molecule has 0 spiro atoms. The number of rotatable bonds is 3. The van der Waals surface area contributed by atoms with Gasteiger partial charge in [0.1, 0.15) is 0 Å². The third-order valence-electron chi connectivity index (χ3n) is 2.16. The molecule has 6 heteroatoms. The molecule has 0 fully saturated rings. The molecule has 0 aliphatic rings. The number of Topliss-reactive ketones (excluding diaryl/α,β-unsaturated/α-hetero) is 1.